The van der Waals surface area contributed by atoms with Crippen molar-refractivity contribution in [2.24, 2.45) is 5.73 Å². The van der Waals surface area contributed by atoms with E-state index >= 15 is 0 Å². The number of quaternary nitrogens is 1. The number of fused-ring (bicyclic) bond motifs is 1. The third kappa shape index (κ3) is 4.51. The second kappa shape index (κ2) is 8.10. The summed E-state index contributed by atoms with van der Waals surface area (Å²) in [6.07, 6.45) is -7.73. The van der Waals surface area contributed by atoms with Gasteiger partial charge in [0.1, 0.15) is 12.1 Å². The lowest BCUT2D eigenvalue weighted by Gasteiger charge is -2.30. The highest BCUT2D eigenvalue weighted by atomic mass is 19.4. The first-order valence-electron chi connectivity index (χ1n) is 9.80. The number of aromatic nitrogens is 2. The summed E-state index contributed by atoms with van der Waals surface area (Å²) in [5.41, 5.74) is 6.96. The molecule has 1 saturated heterocycles. The molecule has 2 N–H and O–H groups in total. The highest BCUT2D eigenvalue weighted by Crippen LogP contribution is 2.31. The van der Waals surface area contributed by atoms with Crippen LogP contribution in [0.1, 0.15) is 15.9 Å². The molecular weight excluding hydrogens is 451 g/mol. The summed E-state index contributed by atoms with van der Waals surface area (Å²) >= 11 is 0. The number of primary amides is 1. The molecule has 1 aliphatic rings. The fourth-order valence-corrected chi connectivity index (χ4v) is 3.87. The van der Waals surface area contributed by atoms with E-state index in [2.05, 4.69) is 9.94 Å². The van der Waals surface area contributed by atoms with E-state index in [0.717, 1.165) is 0 Å². The number of hydrogen-bond donors (Lipinski definition) is 1. The lowest BCUT2D eigenvalue weighted by Crippen LogP contribution is -2.50. The molecule has 2 heterocycles. The fraction of sp³-hybridized carbons (Fsp3) is 0.286. The minimum absolute atomic E-state index is 0.247. The van der Waals surface area contributed by atoms with Gasteiger partial charge < -0.3 is 5.73 Å². The molecule has 1 aromatic heterocycles. The predicted octanol–water partition coefficient (Wildman–Crippen LogP) is 3.15. The van der Waals surface area contributed by atoms with Gasteiger partial charge in [0, 0.05) is 17.1 Å². The molecule has 0 bridgehead atoms. The van der Waals surface area contributed by atoms with Gasteiger partial charge in [-0.05, 0) is 18.2 Å². The van der Waals surface area contributed by atoms with Crippen LogP contribution in [0.5, 0.6) is 0 Å². The zero-order valence-electron chi connectivity index (χ0n) is 16.9. The van der Waals surface area contributed by atoms with Crippen LogP contribution in [0.25, 0.3) is 16.6 Å². The maximum absolute atomic E-state index is 13.8. The van der Waals surface area contributed by atoms with Crippen molar-refractivity contribution >= 4 is 22.8 Å². The summed E-state index contributed by atoms with van der Waals surface area (Å²) < 4.78 is 66.1. The average Bonchev–Trinajstić information content (AvgIpc) is 3.28. The van der Waals surface area contributed by atoms with Crippen LogP contribution in [-0.4, -0.2) is 57.9 Å². The monoisotopic (exact) mass is 469 g/mol. The lowest BCUT2D eigenvalue weighted by molar-refractivity contribution is -1.09. The van der Waals surface area contributed by atoms with Crippen LogP contribution in [0.3, 0.4) is 0 Å². The van der Waals surface area contributed by atoms with Crippen molar-refractivity contribution < 1.29 is 41.0 Å². The number of benzene rings is 2. The molecule has 4 rings (SSSR count). The Hall–Kier alpha value is -3.54. The minimum atomic E-state index is -5.29. The highest BCUT2D eigenvalue weighted by molar-refractivity contribution is 6.04. The van der Waals surface area contributed by atoms with E-state index in [9.17, 15) is 31.5 Å². The van der Waals surface area contributed by atoms with Crippen LogP contribution < -0.4 is 5.73 Å². The number of halogens is 5. The normalized spacial score (nSPS) is 20.2. The van der Waals surface area contributed by atoms with E-state index in [-0.39, 0.29) is 12.1 Å². The molecule has 1 fully saturated rings. The van der Waals surface area contributed by atoms with E-state index in [4.69, 9.17) is 5.73 Å². The highest BCUT2D eigenvalue weighted by Gasteiger charge is 2.54. The molecule has 1 aliphatic heterocycles. The molecule has 174 valence electrons. The van der Waals surface area contributed by atoms with E-state index in [1.165, 1.54) is 16.8 Å². The summed E-state index contributed by atoms with van der Waals surface area (Å²) in [5.74, 6) is -3.14. The zero-order valence-corrected chi connectivity index (χ0v) is 16.9. The second-order valence-corrected chi connectivity index (χ2v) is 7.84. The second-order valence-electron chi connectivity index (χ2n) is 7.84. The Labute approximate surface area is 183 Å². The van der Waals surface area contributed by atoms with Crippen molar-refractivity contribution in [1.82, 2.24) is 9.78 Å². The molecule has 0 saturated carbocycles. The van der Waals surface area contributed by atoms with E-state index < -0.39 is 48.1 Å². The summed E-state index contributed by atoms with van der Waals surface area (Å²) in [5, 5.41) is 5.02. The predicted molar refractivity (Wildman–Crippen MR) is 105 cm³/mol. The van der Waals surface area contributed by atoms with Gasteiger partial charge in [-0.1, -0.05) is 24.3 Å². The van der Waals surface area contributed by atoms with Gasteiger partial charge >= 0.3 is 12.1 Å². The molecule has 1 amide bonds. The van der Waals surface area contributed by atoms with Gasteiger partial charge in [-0.3, -0.25) is 9.63 Å². The number of hydrogen-bond acceptors (Lipinski definition) is 4. The maximum atomic E-state index is 13.8. The number of nitrogens with zero attached hydrogens (tertiary/aromatic N) is 3. The van der Waals surface area contributed by atoms with Gasteiger partial charge in [-0.25, -0.2) is 18.3 Å². The Kier molecular flexibility index (Phi) is 5.56. The Bertz CT molecular complexity index is 1200. The van der Waals surface area contributed by atoms with Crippen molar-refractivity contribution in [3.05, 3.63) is 59.8 Å². The largest absolute Gasteiger partial charge is 0.497 e. The van der Waals surface area contributed by atoms with Gasteiger partial charge in [-0.2, -0.15) is 18.3 Å². The summed E-state index contributed by atoms with van der Waals surface area (Å²) in [4.78, 5) is 27.5. The summed E-state index contributed by atoms with van der Waals surface area (Å²) in [6.45, 7) is -1.81. The van der Waals surface area contributed by atoms with Gasteiger partial charge in [0.2, 0.25) is 0 Å². The molecule has 0 aliphatic carbocycles. The fourth-order valence-electron chi connectivity index (χ4n) is 3.87. The number of alkyl halides is 5. The third-order valence-corrected chi connectivity index (χ3v) is 5.39. The molecule has 7 nitrogen and oxygen atoms in total. The summed E-state index contributed by atoms with van der Waals surface area (Å²) in [6, 6.07) is 11.2. The van der Waals surface area contributed by atoms with E-state index in [1.807, 2.05) is 0 Å². The Morgan fingerprint density at radius 3 is 2.30 bits per heavy atom. The van der Waals surface area contributed by atoms with Crippen molar-refractivity contribution in [3.8, 4) is 5.69 Å². The molecular formula is C21H18F5N4O3+. The zero-order chi connectivity index (χ0) is 24.0. The van der Waals surface area contributed by atoms with Gasteiger partial charge in [0.15, 0.2) is 25.4 Å². The van der Waals surface area contributed by atoms with Crippen molar-refractivity contribution in [3.63, 3.8) is 0 Å². The number of nitrogens with two attached hydrogens (primary N) is 1. The van der Waals surface area contributed by atoms with Crippen LogP contribution in [0.2, 0.25) is 0 Å². The molecule has 2 atom stereocenters. The van der Waals surface area contributed by atoms with Gasteiger partial charge in [-0.15, -0.1) is 4.65 Å². The first-order chi connectivity index (χ1) is 15.5. The number of carbonyl (C=O) groups is 2. The third-order valence-electron chi connectivity index (χ3n) is 5.39. The molecule has 3 aromatic rings. The Morgan fingerprint density at radius 1 is 1.09 bits per heavy atom. The smallest absolute Gasteiger partial charge is 0.366 e. The topological polar surface area (TPSA) is 87.2 Å². The number of hydroxylamine groups is 3. The molecule has 12 heteroatoms. The Morgan fingerprint density at radius 2 is 1.73 bits per heavy atom. The van der Waals surface area contributed by atoms with Gasteiger partial charge in [0.25, 0.3) is 5.91 Å². The minimum Gasteiger partial charge on any atom is -0.366 e. The van der Waals surface area contributed by atoms with Crippen LogP contribution in [0, 0.1) is 0 Å². The first-order valence-corrected chi connectivity index (χ1v) is 9.80. The number of likely N-dealkylation sites (tertiary alicyclic amines) is 1. The van der Waals surface area contributed by atoms with Crippen LogP contribution in [-0.2, 0) is 16.2 Å². The van der Waals surface area contributed by atoms with E-state index in [1.54, 1.807) is 36.5 Å². The van der Waals surface area contributed by atoms with Crippen molar-refractivity contribution in [2.75, 3.05) is 13.1 Å². The number of amides is 1. The lowest BCUT2D eigenvalue weighted by atomic mass is 10.1. The SMILES string of the molecule is NC(=O)c1cccc2cn(-c3ccc(C[N+]4(OC(=O)C(F)(F)F)C[C@H](F)[C@@H](F)C4)cc3)nc12. The number of rotatable bonds is 5. The average molecular weight is 469 g/mol. The molecule has 33 heavy (non-hydrogen) atoms. The van der Waals surface area contributed by atoms with Crippen LogP contribution in [0.4, 0.5) is 22.0 Å². The Balaban J connectivity index is 1.59. The molecule has 0 spiro atoms. The van der Waals surface area contributed by atoms with Crippen molar-refractivity contribution in [1.29, 1.82) is 0 Å². The molecule has 2 aromatic carbocycles. The standard InChI is InChI=1S/C21H17F5N4O3/c22-16-10-30(11-17(16)23,33-20(32)21(24,25)26)9-12-4-6-14(7-5-12)29-8-13-2-1-3-15(19(27)31)18(13)28-29/h1-8,16-17H,9-11H2,(H-,27,31)/p+1/t16-,17-/m0/s1. The molecule has 0 unspecified atom stereocenters. The van der Waals surface area contributed by atoms with Gasteiger partial charge in [0.05, 0.1) is 11.3 Å². The van der Waals surface area contributed by atoms with Crippen LogP contribution in [0.15, 0.2) is 48.7 Å². The molecule has 0 radical (unpaired) electrons. The quantitative estimate of drug-likeness (QED) is 0.460. The van der Waals surface area contributed by atoms with E-state index in [0.29, 0.717) is 22.2 Å². The first kappa shape index (κ1) is 22.6. The van der Waals surface area contributed by atoms with Crippen LogP contribution >= 0.6 is 0 Å². The maximum Gasteiger partial charge on any atom is 0.497 e. The van der Waals surface area contributed by atoms with Crippen molar-refractivity contribution in [2.45, 2.75) is 25.1 Å². The number of carbonyl (C=O) groups excluding carboxylic acids is 2. The summed E-state index contributed by atoms with van der Waals surface area (Å²) in [7, 11) is 0.